The molecule has 0 radical (unpaired) electrons. The van der Waals surface area contributed by atoms with Gasteiger partial charge in [0.1, 0.15) is 10.7 Å². The quantitative estimate of drug-likeness (QED) is 0.786. The van der Waals surface area contributed by atoms with Gasteiger partial charge in [-0.15, -0.1) is 0 Å². The average molecular weight is 302 g/mol. The largest absolute Gasteiger partial charge is 0.390 e. The molecule has 3 rings (SSSR count). The molecule has 1 N–H and O–H groups in total. The summed E-state index contributed by atoms with van der Waals surface area (Å²) in [6.07, 6.45) is 3.86. The van der Waals surface area contributed by atoms with Crippen LogP contribution in [0.15, 0.2) is 24.4 Å². The van der Waals surface area contributed by atoms with Crippen LogP contribution in [0.2, 0.25) is 0 Å². The summed E-state index contributed by atoms with van der Waals surface area (Å²) in [6.45, 7) is 4.24. The number of aliphatic hydroxyl groups is 1. The first kappa shape index (κ1) is 14.2. The number of hydrogen-bond donors (Lipinski definition) is 1. The molecule has 0 spiro atoms. The number of nitrogens with zero attached hydrogens (tertiary/aromatic N) is 4. The van der Waals surface area contributed by atoms with E-state index in [1.807, 2.05) is 18.2 Å². The van der Waals surface area contributed by atoms with Crippen LogP contribution in [0.4, 0.5) is 0 Å². The Balaban J connectivity index is 2.11. The molecule has 0 bridgehead atoms. The minimum atomic E-state index is -0.0981. The van der Waals surface area contributed by atoms with Crippen LogP contribution in [0.1, 0.15) is 43.3 Å². The predicted octanol–water partition coefficient (Wildman–Crippen LogP) is 3.25. The van der Waals surface area contributed by atoms with Crippen LogP contribution >= 0.6 is 11.3 Å². The number of aromatic nitrogens is 4. The van der Waals surface area contributed by atoms with E-state index in [0.29, 0.717) is 17.3 Å². The van der Waals surface area contributed by atoms with Gasteiger partial charge < -0.3 is 5.11 Å². The van der Waals surface area contributed by atoms with E-state index in [-0.39, 0.29) is 6.61 Å². The van der Waals surface area contributed by atoms with E-state index in [1.165, 1.54) is 0 Å². The molecule has 21 heavy (non-hydrogen) atoms. The SMILES string of the molecule is CCC(CC)c1nn2c(CO)c(-c3ccccn3)nc2s1. The molecule has 0 amide bonds. The number of fused-ring (bicyclic) bond motifs is 1. The third-order valence-electron chi connectivity index (χ3n) is 3.70. The molecule has 0 saturated carbocycles. The highest BCUT2D eigenvalue weighted by atomic mass is 32.1. The average Bonchev–Trinajstić information content (AvgIpc) is 3.06. The van der Waals surface area contributed by atoms with Crippen LogP contribution in [0.5, 0.6) is 0 Å². The minimum absolute atomic E-state index is 0.0981. The standard InChI is InChI=1S/C15H18N4OS/c1-3-10(4-2)14-18-19-12(9-20)13(17-15(19)21-14)11-7-5-6-8-16-11/h5-8,10,20H,3-4,9H2,1-2H3. The molecule has 0 aliphatic carbocycles. The molecule has 3 heterocycles. The number of imidazole rings is 1. The normalized spacial score (nSPS) is 11.6. The van der Waals surface area contributed by atoms with Gasteiger partial charge in [0.2, 0.25) is 4.96 Å². The molecule has 0 fully saturated rings. The van der Waals surface area contributed by atoms with Crippen LogP contribution in [-0.4, -0.2) is 24.7 Å². The Morgan fingerprint density at radius 3 is 2.71 bits per heavy atom. The van der Waals surface area contributed by atoms with E-state index < -0.39 is 0 Å². The van der Waals surface area contributed by atoms with Crippen molar-refractivity contribution in [3.63, 3.8) is 0 Å². The number of pyridine rings is 1. The summed E-state index contributed by atoms with van der Waals surface area (Å²) in [7, 11) is 0. The van der Waals surface area contributed by atoms with Crippen LogP contribution in [0.25, 0.3) is 16.3 Å². The van der Waals surface area contributed by atoms with Crippen molar-refractivity contribution in [1.82, 2.24) is 19.6 Å². The monoisotopic (exact) mass is 302 g/mol. The van der Waals surface area contributed by atoms with Gasteiger partial charge in [-0.1, -0.05) is 31.3 Å². The van der Waals surface area contributed by atoms with Gasteiger partial charge in [0.05, 0.1) is 18.0 Å². The Hall–Kier alpha value is -1.79. The van der Waals surface area contributed by atoms with Crippen LogP contribution in [-0.2, 0) is 6.61 Å². The Kier molecular flexibility index (Phi) is 3.98. The van der Waals surface area contributed by atoms with Crippen molar-refractivity contribution in [2.24, 2.45) is 0 Å². The third-order valence-corrected chi connectivity index (χ3v) is 4.78. The van der Waals surface area contributed by atoms with Gasteiger partial charge in [0, 0.05) is 12.1 Å². The van der Waals surface area contributed by atoms with Gasteiger partial charge in [0.25, 0.3) is 0 Å². The van der Waals surface area contributed by atoms with E-state index in [9.17, 15) is 5.11 Å². The van der Waals surface area contributed by atoms with E-state index in [1.54, 1.807) is 22.0 Å². The van der Waals surface area contributed by atoms with Crippen LogP contribution in [0, 0.1) is 0 Å². The van der Waals surface area contributed by atoms with Gasteiger partial charge >= 0.3 is 0 Å². The van der Waals surface area contributed by atoms with Gasteiger partial charge in [-0.3, -0.25) is 4.98 Å². The highest BCUT2D eigenvalue weighted by Crippen LogP contribution is 2.31. The molecule has 0 atom stereocenters. The van der Waals surface area contributed by atoms with E-state index in [0.717, 1.165) is 28.5 Å². The molecule has 6 heteroatoms. The van der Waals surface area contributed by atoms with Crippen molar-refractivity contribution in [2.75, 3.05) is 0 Å². The summed E-state index contributed by atoms with van der Waals surface area (Å²) in [5.74, 6) is 0.460. The molecular formula is C15H18N4OS. The first-order valence-electron chi connectivity index (χ1n) is 7.19. The lowest BCUT2D eigenvalue weighted by Gasteiger charge is -2.06. The van der Waals surface area contributed by atoms with E-state index in [4.69, 9.17) is 0 Å². The van der Waals surface area contributed by atoms with E-state index in [2.05, 4.69) is 28.9 Å². The molecule has 0 aliphatic rings. The van der Waals surface area contributed by atoms with Gasteiger partial charge in [-0.2, -0.15) is 5.10 Å². The molecule has 0 saturated heterocycles. The molecular weight excluding hydrogens is 284 g/mol. The fraction of sp³-hybridized carbons (Fsp3) is 0.400. The van der Waals surface area contributed by atoms with Crippen molar-refractivity contribution in [3.8, 4) is 11.4 Å². The molecule has 3 aromatic rings. The zero-order valence-corrected chi connectivity index (χ0v) is 13.0. The molecule has 110 valence electrons. The molecule has 5 nitrogen and oxygen atoms in total. The third kappa shape index (κ3) is 2.45. The van der Waals surface area contributed by atoms with Crippen molar-refractivity contribution in [2.45, 2.75) is 39.2 Å². The maximum absolute atomic E-state index is 9.70. The smallest absolute Gasteiger partial charge is 0.213 e. The second kappa shape index (κ2) is 5.91. The van der Waals surface area contributed by atoms with Crippen molar-refractivity contribution in [3.05, 3.63) is 35.1 Å². The van der Waals surface area contributed by atoms with Gasteiger partial charge in [-0.05, 0) is 25.0 Å². The first-order chi connectivity index (χ1) is 10.3. The van der Waals surface area contributed by atoms with E-state index >= 15 is 0 Å². The number of aliphatic hydroxyl groups excluding tert-OH is 1. The molecule has 0 aliphatic heterocycles. The maximum atomic E-state index is 9.70. The zero-order chi connectivity index (χ0) is 14.8. The van der Waals surface area contributed by atoms with Crippen LogP contribution < -0.4 is 0 Å². The summed E-state index contributed by atoms with van der Waals surface area (Å²) in [5, 5.41) is 15.4. The van der Waals surface area contributed by atoms with Crippen LogP contribution in [0.3, 0.4) is 0 Å². The Morgan fingerprint density at radius 1 is 1.29 bits per heavy atom. The summed E-state index contributed by atoms with van der Waals surface area (Å²) in [6, 6.07) is 5.68. The Morgan fingerprint density at radius 2 is 2.10 bits per heavy atom. The van der Waals surface area contributed by atoms with Crippen molar-refractivity contribution >= 4 is 16.3 Å². The lowest BCUT2D eigenvalue weighted by molar-refractivity contribution is 0.274. The lowest BCUT2D eigenvalue weighted by atomic mass is 10.1. The van der Waals surface area contributed by atoms with Crippen molar-refractivity contribution in [1.29, 1.82) is 0 Å². The predicted molar refractivity (Wildman–Crippen MR) is 83.3 cm³/mol. The highest BCUT2D eigenvalue weighted by Gasteiger charge is 2.20. The second-order valence-electron chi connectivity index (χ2n) is 4.93. The fourth-order valence-electron chi connectivity index (χ4n) is 2.46. The lowest BCUT2D eigenvalue weighted by Crippen LogP contribution is -2.00. The maximum Gasteiger partial charge on any atom is 0.213 e. The molecule has 3 aromatic heterocycles. The molecule has 0 aromatic carbocycles. The first-order valence-corrected chi connectivity index (χ1v) is 8.00. The Bertz CT molecular complexity index is 731. The summed E-state index contributed by atoms with van der Waals surface area (Å²) in [4.78, 5) is 9.76. The van der Waals surface area contributed by atoms with Crippen molar-refractivity contribution < 1.29 is 5.11 Å². The van der Waals surface area contributed by atoms with Gasteiger partial charge in [-0.25, -0.2) is 9.50 Å². The van der Waals surface area contributed by atoms with Gasteiger partial charge in [0.15, 0.2) is 0 Å². The highest BCUT2D eigenvalue weighted by molar-refractivity contribution is 7.16. The number of hydrogen-bond acceptors (Lipinski definition) is 5. The fourth-order valence-corrected chi connectivity index (χ4v) is 3.64. The zero-order valence-electron chi connectivity index (χ0n) is 12.2. The summed E-state index contributed by atoms with van der Waals surface area (Å²) in [5.41, 5.74) is 2.19. The Labute approximate surface area is 127 Å². The number of rotatable bonds is 5. The summed E-state index contributed by atoms with van der Waals surface area (Å²) >= 11 is 1.60. The second-order valence-corrected chi connectivity index (χ2v) is 5.92. The molecule has 0 unspecified atom stereocenters. The minimum Gasteiger partial charge on any atom is -0.390 e. The topological polar surface area (TPSA) is 63.3 Å². The summed E-state index contributed by atoms with van der Waals surface area (Å²) < 4.78 is 1.77.